The maximum Gasteiger partial charge on any atom is 0.184 e. The summed E-state index contributed by atoms with van der Waals surface area (Å²) < 4.78 is 1.73. The largest absolute Gasteiger partial charge is 0.248 e. The number of halogens is 2. The fraction of sp³-hybridized carbons (Fsp3) is 0.0769. The van der Waals surface area contributed by atoms with E-state index in [9.17, 15) is 0 Å². The van der Waals surface area contributed by atoms with Gasteiger partial charge in [0.1, 0.15) is 0 Å². The average Bonchev–Trinajstić information content (AvgIpc) is 2.98. The van der Waals surface area contributed by atoms with E-state index in [0.29, 0.717) is 21.4 Å². The van der Waals surface area contributed by atoms with E-state index in [1.807, 2.05) is 23.9 Å². The van der Waals surface area contributed by atoms with Crippen LogP contribution in [0.5, 0.6) is 0 Å². The minimum Gasteiger partial charge on any atom is -0.248 e. The number of benzene rings is 1. The van der Waals surface area contributed by atoms with Crippen LogP contribution in [0.1, 0.15) is 0 Å². The zero-order valence-corrected chi connectivity index (χ0v) is 12.3. The van der Waals surface area contributed by atoms with Crippen LogP contribution in [0.4, 0.5) is 0 Å². The predicted molar refractivity (Wildman–Crippen MR) is 79.8 cm³/mol. The summed E-state index contributed by atoms with van der Waals surface area (Å²) in [5.74, 6) is 1.34. The minimum absolute atomic E-state index is 0.541. The van der Waals surface area contributed by atoms with Crippen molar-refractivity contribution in [2.24, 2.45) is 7.05 Å². The molecule has 0 unspecified atom stereocenters. The Bertz CT molecular complexity index is 699. The van der Waals surface area contributed by atoms with Gasteiger partial charge in [-0.05, 0) is 23.6 Å². The molecule has 0 saturated carbocycles. The van der Waals surface area contributed by atoms with Crippen LogP contribution in [0, 0.1) is 0 Å². The van der Waals surface area contributed by atoms with Crippen molar-refractivity contribution in [1.29, 1.82) is 0 Å². The van der Waals surface area contributed by atoms with E-state index in [4.69, 9.17) is 23.2 Å². The fourth-order valence-electron chi connectivity index (χ4n) is 1.84. The molecule has 0 bridgehead atoms. The number of aromatic nitrogens is 3. The van der Waals surface area contributed by atoms with Gasteiger partial charge in [0.2, 0.25) is 0 Å². The van der Waals surface area contributed by atoms with Crippen molar-refractivity contribution < 1.29 is 0 Å². The van der Waals surface area contributed by atoms with Crippen LogP contribution in [-0.2, 0) is 7.05 Å². The number of aryl methyl sites for hydroxylation is 1. The molecule has 0 atom stereocenters. The molecule has 0 amide bonds. The Kier molecular flexibility index (Phi) is 3.31. The molecule has 6 heteroatoms. The van der Waals surface area contributed by atoms with Crippen molar-refractivity contribution in [2.45, 2.75) is 0 Å². The number of hydrogen-bond acceptors (Lipinski definition) is 3. The standard InChI is InChI=1S/C13H9Cl2N3S/c1-18-13(8-5-6-19-7-8)16-12(17-18)11-9(14)3-2-4-10(11)15/h2-7H,1H3. The number of nitrogens with zero attached hydrogens (tertiary/aromatic N) is 3. The quantitative estimate of drug-likeness (QED) is 0.697. The van der Waals surface area contributed by atoms with E-state index >= 15 is 0 Å². The lowest BCUT2D eigenvalue weighted by atomic mass is 10.2. The summed E-state index contributed by atoms with van der Waals surface area (Å²) in [6.07, 6.45) is 0. The first-order chi connectivity index (χ1) is 9.16. The normalized spacial score (nSPS) is 10.9. The molecule has 0 aliphatic carbocycles. The lowest BCUT2D eigenvalue weighted by molar-refractivity contribution is 0.777. The molecule has 19 heavy (non-hydrogen) atoms. The zero-order chi connectivity index (χ0) is 13.4. The predicted octanol–water partition coefficient (Wildman–Crippen LogP) is 4.52. The fourth-order valence-corrected chi connectivity index (χ4v) is 3.05. The van der Waals surface area contributed by atoms with E-state index in [-0.39, 0.29) is 0 Å². The lowest BCUT2D eigenvalue weighted by Crippen LogP contribution is -1.93. The second-order valence-electron chi connectivity index (χ2n) is 3.99. The van der Waals surface area contributed by atoms with Gasteiger partial charge in [-0.15, -0.1) is 0 Å². The van der Waals surface area contributed by atoms with Crippen LogP contribution in [0.3, 0.4) is 0 Å². The first kappa shape index (κ1) is 12.7. The van der Waals surface area contributed by atoms with Crippen LogP contribution >= 0.6 is 34.5 Å². The number of rotatable bonds is 2. The molecule has 1 aromatic carbocycles. The number of thiophene rings is 1. The second kappa shape index (κ2) is 4.96. The Hall–Kier alpha value is -1.36. The van der Waals surface area contributed by atoms with Crippen molar-refractivity contribution in [1.82, 2.24) is 14.8 Å². The summed E-state index contributed by atoms with van der Waals surface area (Å²) >= 11 is 14.0. The maximum absolute atomic E-state index is 6.18. The van der Waals surface area contributed by atoms with E-state index < -0.39 is 0 Å². The molecule has 2 heterocycles. The molecular weight excluding hydrogens is 301 g/mol. The molecule has 0 N–H and O–H groups in total. The van der Waals surface area contributed by atoms with E-state index in [0.717, 1.165) is 11.4 Å². The van der Waals surface area contributed by atoms with Crippen molar-refractivity contribution >= 4 is 34.5 Å². The van der Waals surface area contributed by atoms with Crippen LogP contribution < -0.4 is 0 Å². The van der Waals surface area contributed by atoms with E-state index in [2.05, 4.69) is 10.1 Å². The average molecular weight is 310 g/mol. The monoisotopic (exact) mass is 309 g/mol. The Morgan fingerprint density at radius 1 is 1.16 bits per heavy atom. The Balaban J connectivity index is 2.16. The summed E-state index contributed by atoms with van der Waals surface area (Å²) in [6, 6.07) is 7.37. The van der Waals surface area contributed by atoms with Gasteiger partial charge in [0.25, 0.3) is 0 Å². The zero-order valence-electron chi connectivity index (χ0n) is 9.97. The highest BCUT2D eigenvalue weighted by Gasteiger charge is 2.16. The molecule has 0 aliphatic heterocycles. The van der Waals surface area contributed by atoms with Gasteiger partial charge in [-0.2, -0.15) is 16.4 Å². The van der Waals surface area contributed by atoms with Crippen LogP contribution in [-0.4, -0.2) is 14.8 Å². The van der Waals surface area contributed by atoms with Crippen molar-refractivity contribution in [3.63, 3.8) is 0 Å². The highest BCUT2D eigenvalue weighted by Crippen LogP contribution is 2.33. The van der Waals surface area contributed by atoms with Gasteiger partial charge in [-0.3, -0.25) is 0 Å². The molecule has 0 radical (unpaired) electrons. The number of hydrogen-bond donors (Lipinski definition) is 0. The third-order valence-corrected chi connectivity index (χ3v) is 4.04. The summed E-state index contributed by atoms with van der Waals surface area (Å²) in [4.78, 5) is 4.53. The first-order valence-electron chi connectivity index (χ1n) is 5.55. The van der Waals surface area contributed by atoms with Gasteiger partial charge in [0.15, 0.2) is 11.6 Å². The molecule has 2 aromatic heterocycles. The Morgan fingerprint density at radius 3 is 2.53 bits per heavy atom. The second-order valence-corrected chi connectivity index (χ2v) is 5.59. The topological polar surface area (TPSA) is 30.7 Å². The molecule has 0 fully saturated rings. The first-order valence-corrected chi connectivity index (χ1v) is 7.24. The highest BCUT2D eigenvalue weighted by molar-refractivity contribution is 7.08. The van der Waals surface area contributed by atoms with Gasteiger partial charge < -0.3 is 0 Å². The lowest BCUT2D eigenvalue weighted by Gasteiger charge is -2.01. The molecule has 0 saturated heterocycles. The van der Waals surface area contributed by atoms with Gasteiger partial charge >= 0.3 is 0 Å². The van der Waals surface area contributed by atoms with E-state index in [1.54, 1.807) is 34.2 Å². The van der Waals surface area contributed by atoms with Gasteiger partial charge in [-0.1, -0.05) is 29.3 Å². The van der Waals surface area contributed by atoms with Gasteiger partial charge in [-0.25, -0.2) is 9.67 Å². The smallest absolute Gasteiger partial charge is 0.184 e. The summed E-state index contributed by atoms with van der Waals surface area (Å²) in [5, 5.41) is 9.54. The highest BCUT2D eigenvalue weighted by atomic mass is 35.5. The third-order valence-electron chi connectivity index (χ3n) is 2.73. The maximum atomic E-state index is 6.18. The minimum atomic E-state index is 0.541. The van der Waals surface area contributed by atoms with Gasteiger partial charge in [0, 0.05) is 18.0 Å². The summed E-state index contributed by atoms with van der Waals surface area (Å²) in [6.45, 7) is 0. The summed E-state index contributed by atoms with van der Waals surface area (Å²) in [5.41, 5.74) is 1.71. The molecule has 3 aromatic rings. The Labute approximate surface area is 124 Å². The molecule has 96 valence electrons. The summed E-state index contributed by atoms with van der Waals surface area (Å²) in [7, 11) is 1.86. The van der Waals surface area contributed by atoms with Crippen molar-refractivity contribution in [2.75, 3.05) is 0 Å². The Morgan fingerprint density at radius 2 is 1.89 bits per heavy atom. The van der Waals surface area contributed by atoms with Crippen molar-refractivity contribution in [3.8, 4) is 22.8 Å². The van der Waals surface area contributed by atoms with E-state index in [1.165, 1.54) is 0 Å². The molecule has 3 rings (SSSR count). The van der Waals surface area contributed by atoms with Crippen molar-refractivity contribution in [3.05, 3.63) is 45.1 Å². The van der Waals surface area contributed by atoms with Gasteiger partial charge in [0.05, 0.1) is 15.6 Å². The SMILES string of the molecule is Cn1nc(-c2c(Cl)cccc2Cl)nc1-c1ccsc1. The molecule has 3 nitrogen and oxygen atoms in total. The third kappa shape index (κ3) is 2.27. The van der Waals surface area contributed by atoms with Crippen LogP contribution in [0.2, 0.25) is 10.0 Å². The van der Waals surface area contributed by atoms with Crippen LogP contribution in [0.25, 0.3) is 22.8 Å². The molecular formula is C13H9Cl2N3S. The van der Waals surface area contributed by atoms with Crippen LogP contribution in [0.15, 0.2) is 35.0 Å². The molecule has 0 aliphatic rings. The molecule has 0 spiro atoms.